The zero-order valence-electron chi connectivity index (χ0n) is 14.8. The minimum Gasteiger partial charge on any atom is -0.497 e. The Hall–Kier alpha value is -2.60. The zero-order valence-corrected chi connectivity index (χ0v) is 14.8. The van der Waals surface area contributed by atoms with Crippen LogP contribution >= 0.6 is 0 Å². The molecule has 0 bridgehead atoms. The van der Waals surface area contributed by atoms with Crippen molar-refractivity contribution in [2.45, 2.75) is 12.5 Å². The number of amides is 2. The van der Waals surface area contributed by atoms with Gasteiger partial charge in [-0.05, 0) is 44.8 Å². The minimum atomic E-state index is -0.543. The number of halogens is 1. The number of rotatable bonds is 7. The van der Waals surface area contributed by atoms with Gasteiger partial charge in [0.2, 0.25) is 0 Å². The summed E-state index contributed by atoms with van der Waals surface area (Å²) in [6.45, 7) is 0.816. The number of methoxy groups -OCH3 is 1. The molecule has 0 aliphatic carbocycles. The van der Waals surface area contributed by atoms with Gasteiger partial charge in [0, 0.05) is 6.07 Å². The molecule has 0 aromatic heterocycles. The minimum absolute atomic E-state index is 0.109. The molecule has 0 spiro atoms. The van der Waals surface area contributed by atoms with Gasteiger partial charge in [0.15, 0.2) is 0 Å². The highest BCUT2D eigenvalue weighted by atomic mass is 19.1. The lowest BCUT2D eigenvalue weighted by atomic mass is 10.0. The van der Waals surface area contributed by atoms with Crippen LogP contribution in [0, 0.1) is 5.82 Å². The molecule has 6 heteroatoms. The van der Waals surface area contributed by atoms with E-state index in [0.29, 0.717) is 5.75 Å². The monoisotopic (exact) mass is 345 g/mol. The topological polar surface area (TPSA) is 53.6 Å². The van der Waals surface area contributed by atoms with Crippen LogP contribution in [0.4, 0.5) is 14.9 Å². The molecule has 134 valence electrons. The Morgan fingerprint density at radius 2 is 1.92 bits per heavy atom. The molecule has 2 amide bonds. The number of hydrogen-bond donors (Lipinski definition) is 2. The maximum absolute atomic E-state index is 14.0. The molecule has 0 heterocycles. The molecule has 0 radical (unpaired) electrons. The Morgan fingerprint density at radius 1 is 1.20 bits per heavy atom. The first kappa shape index (κ1) is 18.7. The normalized spacial score (nSPS) is 11.9. The lowest BCUT2D eigenvalue weighted by Gasteiger charge is -2.21. The van der Waals surface area contributed by atoms with Gasteiger partial charge in [0.1, 0.15) is 11.6 Å². The van der Waals surface area contributed by atoms with Crippen LogP contribution < -0.4 is 15.4 Å². The quantitative estimate of drug-likeness (QED) is 0.805. The predicted molar refractivity (Wildman–Crippen MR) is 97.5 cm³/mol. The van der Waals surface area contributed by atoms with Gasteiger partial charge < -0.3 is 20.3 Å². The number of hydrogen-bond acceptors (Lipinski definition) is 3. The smallest absolute Gasteiger partial charge is 0.319 e. The second-order valence-corrected chi connectivity index (χ2v) is 6.00. The lowest BCUT2D eigenvalue weighted by Crippen LogP contribution is -2.34. The van der Waals surface area contributed by atoms with Gasteiger partial charge in [-0.15, -0.1) is 0 Å². The predicted octanol–water partition coefficient (Wildman–Crippen LogP) is 3.65. The van der Waals surface area contributed by atoms with Crippen molar-refractivity contribution in [2.75, 3.05) is 33.1 Å². The number of benzene rings is 2. The molecule has 25 heavy (non-hydrogen) atoms. The van der Waals surface area contributed by atoms with Crippen molar-refractivity contribution in [2.24, 2.45) is 0 Å². The fraction of sp³-hybridized carbons (Fsp3) is 0.316. The van der Waals surface area contributed by atoms with Crippen LogP contribution in [-0.2, 0) is 0 Å². The van der Waals surface area contributed by atoms with Crippen LogP contribution in [0.5, 0.6) is 5.75 Å². The van der Waals surface area contributed by atoms with Crippen molar-refractivity contribution in [1.82, 2.24) is 10.2 Å². The van der Waals surface area contributed by atoms with E-state index in [9.17, 15) is 9.18 Å². The van der Waals surface area contributed by atoms with E-state index >= 15 is 0 Å². The molecule has 2 aromatic rings. The van der Waals surface area contributed by atoms with Gasteiger partial charge in [0.05, 0.1) is 18.8 Å². The number of nitrogens with one attached hydrogen (secondary N) is 2. The molecular weight excluding hydrogens is 321 g/mol. The second-order valence-electron chi connectivity index (χ2n) is 6.00. The molecule has 2 rings (SSSR count). The van der Waals surface area contributed by atoms with Gasteiger partial charge in [-0.3, -0.25) is 0 Å². The maximum Gasteiger partial charge on any atom is 0.319 e. The summed E-state index contributed by atoms with van der Waals surface area (Å²) >= 11 is 0. The molecule has 0 saturated heterocycles. The van der Waals surface area contributed by atoms with Crippen LogP contribution in [0.3, 0.4) is 0 Å². The Labute approximate surface area is 147 Å². The molecule has 0 aliphatic heterocycles. The van der Waals surface area contributed by atoms with E-state index in [-0.39, 0.29) is 11.7 Å². The van der Waals surface area contributed by atoms with Crippen LogP contribution in [0.25, 0.3) is 0 Å². The molecule has 1 atom stereocenters. The van der Waals surface area contributed by atoms with Gasteiger partial charge in [0.25, 0.3) is 0 Å². The summed E-state index contributed by atoms with van der Waals surface area (Å²) in [7, 11) is 5.42. The van der Waals surface area contributed by atoms with E-state index < -0.39 is 11.8 Å². The molecule has 0 aliphatic rings. The van der Waals surface area contributed by atoms with Crippen molar-refractivity contribution in [1.29, 1.82) is 0 Å². The maximum atomic E-state index is 14.0. The molecule has 0 fully saturated rings. The van der Waals surface area contributed by atoms with Crippen LogP contribution in [0.1, 0.15) is 18.0 Å². The molecule has 1 unspecified atom stereocenters. The largest absolute Gasteiger partial charge is 0.497 e. The zero-order chi connectivity index (χ0) is 18.2. The van der Waals surface area contributed by atoms with Crippen molar-refractivity contribution in [3.63, 3.8) is 0 Å². The summed E-state index contributed by atoms with van der Waals surface area (Å²) in [5.41, 5.74) is 1.12. The lowest BCUT2D eigenvalue weighted by molar-refractivity contribution is 0.246. The Morgan fingerprint density at radius 3 is 2.52 bits per heavy atom. The Balaban J connectivity index is 2.06. The third-order valence-corrected chi connectivity index (χ3v) is 3.80. The highest BCUT2D eigenvalue weighted by molar-refractivity contribution is 5.89. The third kappa shape index (κ3) is 5.76. The fourth-order valence-electron chi connectivity index (χ4n) is 2.44. The number of anilines is 1. The van der Waals surface area contributed by atoms with Crippen LogP contribution in [0.15, 0.2) is 48.5 Å². The van der Waals surface area contributed by atoms with E-state index in [2.05, 4.69) is 15.5 Å². The Bertz CT molecular complexity index is 692. The summed E-state index contributed by atoms with van der Waals surface area (Å²) in [5, 5.41) is 5.47. The van der Waals surface area contributed by atoms with Crippen molar-refractivity contribution < 1.29 is 13.9 Å². The van der Waals surface area contributed by atoms with Gasteiger partial charge in [-0.2, -0.15) is 0 Å². The average Bonchev–Trinajstić information content (AvgIpc) is 2.61. The number of ether oxygens (including phenoxy) is 1. The average molecular weight is 345 g/mol. The van der Waals surface area contributed by atoms with Crippen molar-refractivity contribution in [3.05, 3.63) is 59.9 Å². The van der Waals surface area contributed by atoms with Gasteiger partial charge in [-0.25, -0.2) is 9.18 Å². The standard InChI is InChI=1S/C19H24FN3O2/c1-23(2)12-11-17(14-7-5-4-6-8-14)21-19(24)22-18-10-9-15(25-3)13-16(18)20/h4-10,13,17H,11-12H2,1-3H3,(H2,21,22,24). The SMILES string of the molecule is COc1ccc(NC(=O)NC(CCN(C)C)c2ccccc2)c(F)c1. The number of nitrogens with zero attached hydrogens (tertiary/aromatic N) is 1. The summed E-state index contributed by atoms with van der Waals surface area (Å²) in [5.74, 6) is -0.143. The third-order valence-electron chi connectivity index (χ3n) is 3.80. The van der Waals surface area contributed by atoms with E-state index in [1.54, 1.807) is 6.07 Å². The fourth-order valence-corrected chi connectivity index (χ4v) is 2.44. The number of carbonyl (C=O) groups excluding carboxylic acids is 1. The first-order valence-electron chi connectivity index (χ1n) is 8.10. The highest BCUT2D eigenvalue weighted by Gasteiger charge is 2.16. The number of carbonyl (C=O) groups is 1. The van der Waals surface area contributed by atoms with Gasteiger partial charge in [-0.1, -0.05) is 30.3 Å². The summed E-state index contributed by atoms with van der Waals surface area (Å²) in [4.78, 5) is 14.4. The number of urea groups is 1. The van der Waals surface area contributed by atoms with Crippen LogP contribution in [-0.4, -0.2) is 38.7 Å². The van der Waals surface area contributed by atoms with Crippen LogP contribution in [0.2, 0.25) is 0 Å². The molecule has 0 saturated carbocycles. The second kappa shape index (κ2) is 9.03. The summed E-state index contributed by atoms with van der Waals surface area (Å²) in [6, 6.07) is 13.4. The van der Waals surface area contributed by atoms with Crippen molar-refractivity contribution >= 4 is 11.7 Å². The molecule has 5 nitrogen and oxygen atoms in total. The first-order chi connectivity index (χ1) is 12.0. The first-order valence-corrected chi connectivity index (χ1v) is 8.10. The van der Waals surface area contributed by atoms with E-state index in [1.165, 1.54) is 19.2 Å². The van der Waals surface area contributed by atoms with Gasteiger partial charge >= 0.3 is 6.03 Å². The van der Waals surface area contributed by atoms with Crippen molar-refractivity contribution in [3.8, 4) is 5.75 Å². The summed E-state index contributed by atoms with van der Waals surface area (Å²) < 4.78 is 18.9. The van der Waals surface area contributed by atoms with E-state index in [1.807, 2.05) is 44.4 Å². The van der Waals surface area contributed by atoms with E-state index in [0.717, 1.165) is 18.5 Å². The Kier molecular flexibility index (Phi) is 6.77. The van der Waals surface area contributed by atoms with E-state index in [4.69, 9.17) is 4.74 Å². The molecule has 2 N–H and O–H groups in total. The molecular formula is C19H24FN3O2. The highest BCUT2D eigenvalue weighted by Crippen LogP contribution is 2.21. The summed E-state index contributed by atoms with van der Waals surface area (Å²) in [6.07, 6.45) is 0.746. The molecule has 2 aromatic carbocycles.